The number of fused-ring (bicyclic) bond motifs is 2. The van der Waals surface area contributed by atoms with E-state index in [1.54, 1.807) is 0 Å². The molecule has 1 nitrogen and oxygen atoms in total. The Morgan fingerprint density at radius 1 is 0.700 bits per heavy atom. The number of nitrogens with zero attached hydrogens (tertiary/aromatic N) is 1. The summed E-state index contributed by atoms with van der Waals surface area (Å²) in [6.07, 6.45) is 5.12. The minimum Gasteiger partial charge on any atom is -0.340 e. The molecule has 0 saturated carbocycles. The number of hydrogen-bond acceptors (Lipinski definition) is 4. The highest BCUT2D eigenvalue weighted by molar-refractivity contribution is 7.99. The van der Waals surface area contributed by atoms with Crippen molar-refractivity contribution in [3.63, 3.8) is 0 Å². The highest BCUT2D eigenvalue weighted by atomic mass is 32.2. The summed E-state index contributed by atoms with van der Waals surface area (Å²) >= 11 is 5.54. The largest absolute Gasteiger partial charge is 0.340 e. The third-order valence-electron chi connectivity index (χ3n) is 5.57. The average molecular weight is 448 g/mol. The zero-order valence-electron chi connectivity index (χ0n) is 17.1. The van der Waals surface area contributed by atoms with Crippen molar-refractivity contribution >= 4 is 45.8 Å². The first-order valence-electron chi connectivity index (χ1n) is 10.6. The van der Waals surface area contributed by atoms with Gasteiger partial charge in [-0.15, -0.1) is 22.7 Å². The zero-order chi connectivity index (χ0) is 20.3. The van der Waals surface area contributed by atoms with E-state index in [4.69, 9.17) is 0 Å². The maximum atomic E-state index is 2.55. The van der Waals surface area contributed by atoms with E-state index < -0.39 is 0 Å². The van der Waals surface area contributed by atoms with Crippen LogP contribution in [0.5, 0.6) is 0 Å². The van der Waals surface area contributed by atoms with E-state index in [0.717, 1.165) is 6.54 Å². The lowest BCUT2D eigenvalue weighted by molar-refractivity contribution is 0.666. The van der Waals surface area contributed by atoms with Gasteiger partial charge in [-0.2, -0.15) is 0 Å². The van der Waals surface area contributed by atoms with Crippen molar-refractivity contribution in [2.24, 2.45) is 0 Å². The average Bonchev–Trinajstić information content (AvgIpc) is 3.50. The molecular weight excluding hydrogens is 422 g/mol. The molecule has 0 saturated heterocycles. The predicted molar refractivity (Wildman–Crippen MR) is 135 cm³/mol. The molecule has 0 amide bonds. The van der Waals surface area contributed by atoms with Crippen LogP contribution in [0.2, 0.25) is 0 Å². The molecule has 0 atom stereocenters. The molecule has 2 aromatic carbocycles. The highest BCUT2D eigenvalue weighted by Gasteiger charge is 2.24. The fourth-order valence-corrected chi connectivity index (χ4v) is 6.64. The Morgan fingerprint density at radius 3 is 1.80 bits per heavy atom. The van der Waals surface area contributed by atoms with E-state index >= 15 is 0 Å². The van der Waals surface area contributed by atoms with Crippen LogP contribution in [0.3, 0.4) is 0 Å². The predicted octanol–water partition coefficient (Wildman–Crippen LogP) is 9.33. The maximum absolute atomic E-state index is 2.55. The molecule has 1 aliphatic rings. The van der Waals surface area contributed by atoms with Crippen LogP contribution in [0.1, 0.15) is 32.6 Å². The third-order valence-corrected chi connectivity index (χ3v) is 8.50. The molecule has 3 heterocycles. The van der Waals surface area contributed by atoms with Crippen LogP contribution in [-0.2, 0) is 0 Å². The molecule has 0 spiro atoms. The van der Waals surface area contributed by atoms with Gasteiger partial charge < -0.3 is 4.90 Å². The van der Waals surface area contributed by atoms with Gasteiger partial charge in [-0.1, -0.05) is 62.2 Å². The Kier molecular flexibility index (Phi) is 5.98. The van der Waals surface area contributed by atoms with Crippen LogP contribution in [0.25, 0.3) is 20.9 Å². The van der Waals surface area contributed by atoms with Gasteiger partial charge in [0.2, 0.25) is 0 Å². The first-order valence-corrected chi connectivity index (χ1v) is 13.2. The number of benzene rings is 2. The number of rotatable bonds is 7. The third kappa shape index (κ3) is 3.96. The van der Waals surface area contributed by atoms with E-state index in [-0.39, 0.29) is 0 Å². The zero-order valence-corrected chi connectivity index (χ0v) is 19.6. The van der Waals surface area contributed by atoms with Crippen molar-refractivity contribution < 1.29 is 0 Å². The lowest BCUT2D eigenvalue weighted by Crippen LogP contribution is -2.22. The van der Waals surface area contributed by atoms with Crippen LogP contribution >= 0.6 is 34.4 Å². The summed E-state index contributed by atoms with van der Waals surface area (Å²) in [5.74, 6) is 0. The lowest BCUT2D eigenvalue weighted by Gasteiger charge is -2.33. The quantitative estimate of drug-likeness (QED) is 0.260. The van der Waals surface area contributed by atoms with Crippen LogP contribution in [-0.4, -0.2) is 6.54 Å². The second kappa shape index (κ2) is 9.01. The molecule has 2 aromatic heterocycles. The first-order chi connectivity index (χ1) is 14.8. The van der Waals surface area contributed by atoms with Crippen LogP contribution in [0.4, 0.5) is 11.4 Å². The highest BCUT2D eigenvalue weighted by Crippen LogP contribution is 2.50. The number of thiophene rings is 2. The fraction of sp³-hybridized carbons (Fsp3) is 0.231. The van der Waals surface area contributed by atoms with Gasteiger partial charge in [0.15, 0.2) is 0 Å². The van der Waals surface area contributed by atoms with E-state index in [9.17, 15) is 0 Å². The van der Waals surface area contributed by atoms with Gasteiger partial charge in [0, 0.05) is 26.1 Å². The van der Waals surface area contributed by atoms with Gasteiger partial charge in [0.05, 0.1) is 11.4 Å². The van der Waals surface area contributed by atoms with E-state index in [2.05, 4.69) is 83.2 Å². The van der Waals surface area contributed by atoms with Crippen molar-refractivity contribution in [1.29, 1.82) is 0 Å². The first kappa shape index (κ1) is 19.9. The Bertz CT molecular complexity index is 1030. The Labute approximate surface area is 191 Å². The van der Waals surface area contributed by atoms with Gasteiger partial charge in [-0.3, -0.25) is 0 Å². The smallest absolute Gasteiger partial charge is 0.0553 e. The van der Waals surface area contributed by atoms with Crippen LogP contribution < -0.4 is 4.90 Å². The maximum Gasteiger partial charge on any atom is 0.0553 e. The molecular formula is C26H25NS3. The van der Waals surface area contributed by atoms with Crippen molar-refractivity contribution in [2.75, 3.05) is 11.4 Å². The normalized spacial score (nSPS) is 12.6. The molecule has 0 radical (unpaired) electrons. The molecule has 5 rings (SSSR count). The molecule has 0 bridgehead atoms. The molecule has 4 aromatic rings. The minimum absolute atomic E-state index is 1.08. The summed E-state index contributed by atoms with van der Waals surface area (Å²) in [5.41, 5.74) is 5.35. The molecule has 152 valence electrons. The molecule has 0 N–H and O–H groups in total. The molecule has 0 fully saturated rings. The van der Waals surface area contributed by atoms with Crippen molar-refractivity contribution in [2.45, 2.75) is 42.4 Å². The lowest BCUT2D eigenvalue weighted by atomic mass is 10.1. The summed E-state index contributed by atoms with van der Waals surface area (Å²) in [4.78, 5) is 7.96. The Balaban J connectivity index is 1.53. The Hall–Kier alpha value is -2.01. The second-order valence-corrected chi connectivity index (χ2v) is 10.6. The van der Waals surface area contributed by atoms with Crippen molar-refractivity contribution in [1.82, 2.24) is 0 Å². The van der Waals surface area contributed by atoms with Gasteiger partial charge in [-0.05, 0) is 64.7 Å². The van der Waals surface area contributed by atoms with Crippen molar-refractivity contribution in [3.8, 4) is 20.9 Å². The summed E-state index contributed by atoms with van der Waals surface area (Å²) < 4.78 is 0. The molecule has 30 heavy (non-hydrogen) atoms. The second-order valence-electron chi connectivity index (χ2n) is 7.63. The van der Waals surface area contributed by atoms with Gasteiger partial charge in [-0.25, -0.2) is 0 Å². The van der Waals surface area contributed by atoms with Gasteiger partial charge in [0.25, 0.3) is 0 Å². The summed E-state index contributed by atoms with van der Waals surface area (Å²) in [5, 5.41) is 4.31. The Morgan fingerprint density at radius 2 is 1.30 bits per heavy atom. The summed E-state index contributed by atoms with van der Waals surface area (Å²) in [6, 6.07) is 22.7. The summed E-state index contributed by atoms with van der Waals surface area (Å²) in [7, 11) is 0. The van der Waals surface area contributed by atoms with Gasteiger partial charge in [0.1, 0.15) is 0 Å². The molecule has 4 heteroatoms. The van der Waals surface area contributed by atoms with Gasteiger partial charge >= 0.3 is 0 Å². The fourth-order valence-electron chi connectivity index (χ4n) is 4.02. The standard InChI is InChI=1S/C26H25NS3/c1-2-3-4-5-14-27-21-12-10-19(23-8-6-15-28-23)17-25(21)30-26-18-20(11-13-22(26)27)24-9-7-16-29-24/h6-13,15-18H,2-5,14H2,1H3. The number of anilines is 2. The molecule has 0 aliphatic carbocycles. The van der Waals surface area contributed by atoms with Crippen LogP contribution in [0.15, 0.2) is 81.2 Å². The number of hydrogen-bond donors (Lipinski definition) is 0. The molecule has 1 aliphatic heterocycles. The van der Waals surface area contributed by atoms with E-state index in [0.29, 0.717) is 0 Å². The van der Waals surface area contributed by atoms with E-state index in [1.165, 1.54) is 67.7 Å². The molecule has 0 unspecified atom stereocenters. The topological polar surface area (TPSA) is 3.24 Å². The van der Waals surface area contributed by atoms with E-state index in [1.807, 2.05) is 34.4 Å². The summed E-state index contributed by atoms with van der Waals surface area (Å²) in [6.45, 7) is 3.36. The SMILES string of the molecule is CCCCCCN1c2ccc(-c3cccs3)cc2Sc2cc(-c3cccs3)ccc21. The van der Waals surface area contributed by atoms with Crippen LogP contribution in [0, 0.1) is 0 Å². The van der Waals surface area contributed by atoms with Crippen molar-refractivity contribution in [3.05, 3.63) is 71.4 Å². The minimum atomic E-state index is 1.08. The number of unbranched alkanes of at least 4 members (excludes halogenated alkanes) is 3. The monoisotopic (exact) mass is 447 g/mol.